The molecule has 0 bridgehead atoms. The van der Waals surface area contributed by atoms with E-state index in [0.717, 1.165) is 30.4 Å². The third-order valence-corrected chi connectivity index (χ3v) is 6.24. The third-order valence-electron chi connectivity index (χ3n) is 6.24. The second-order valence-corrected chi connectivity index (χ2v) is 8.66. The molecule has 2 unspecified atom stereocenters. The average Bonchev–Trinajstić information content (AvgIpc) is 2.40. The number of aliphatic hydroxyl groups excluding tert-OH is 2. The van der Waals surface area contributed by atoms with Gasteiger partial charge in [-0.05, 0) is 41.9 Å². The number of rotatable bonds is 1. The van der Waals surface area contributed by atoms with Crippen LogP contribution in [0.25, 0.3) is 0 Å². The number of carbonyl (C=O) groups excluding carboxylic acids is 1. The molecule has 1 saturated carbocycles. The van der Waals surface area contributed by atoms with Crippen molar-refractivity contribution in [1.82, 2.24) is 0 Å². The molecule has 3 heteroatoms. The maximum Gasteiger partial charge on any atom is 0.223 e. The van der Waals surface area contributed by atoms with E-state index in [4.69, 9.17) is 0 Å². The van der Waals surface area contributed by atoms with E-state index in [9.17, 15) is 15.0 Å². The number of fused-ring (bicyclic) bond motifs is 3. The SMILES string of the molecule is CC(C)C1=CC2=CC(O)C3C(C)(C)CCC[C@]3(C)C2=C(O)C1=O. The lowest BCUT2D eigenvalue weighted by Gasteiger charge is -2.56. The standard InChI is InChI=1S/C20H28O3/c1-11(2)13-9-12-10-14(21)18-19(3,4)7-6-8-20(18,5)15(12)17(23)16(13)22/h9-11,14,18,21,23H,6-8H2,1-5H3/t14?,18?,20-/m1/s1. The van der Waals surface area contributed by atoms with Crippen molar-refractivity contribution in [2.45, 2.75) is 60.0 Å². The molecule has 3 rings (SSSR count). The Balaban J connectivity index is 2.22. The number of Topliss-reactive ketones (excluding diaryl/α,β-unsaturated/α-hetero) is 1. The summed E-state index contributed by atoms with van der Waals surface area (Å²) in [6, 6.07) is 0. The lowest BCUT2D eigenvalue weighted by Crippen LogP contribution is -2.52. The van der Waals surface area contributed by atoms with E-state index in [1.165, 1.54) is 0 Å². The maximum absolute atomic E-state index is 12.6. The topological polar surface area (TPSA) is 57.5 Å². The van der Waals surface area contributed by atoms with Crippen molar-refractivity contribution in [1.29, 1.82) is 0 Å². The molecule has 3 atom stereocenters. The van der Waals surface area contributed by atoms with Crippen molar-refractivity contribution in [3.05, 3.63) is 34.6 Å². The van der Waals surface area contributed by atoms with Crippen molar-refractivity contribution in [2.24, 2.45) is 22.7 Å². The van der Waals surface area contributed by atoms with Crippen LogP contribution in [0, 0.1) is 22.7 Å². The van der Waals surface area contributed by atoms with Gasteiger partial charge in [-0.25, -0.2) is 0 Å². The molecule has 3 aliphatic rings. The Labute approximate surface area is 138 Å². The number of hydrogen-bond acceptors (Lipinski definition) is 3. The molecule has 3 aliphatic carbocycles. The highest BCUT2D eigenvalue weighted by Crippen LogP contribution is 2.61. The highest BCUT2D eigenvalue weighted by Gasteiger charge is 2.55. The lowest BCUT2D eigenvalue weighted by molar-refractivity contribution is -0.115. The molecule has 3 nitrogen and oxygen atoms in total. The first-order valence-corrected chi connectivity index (χ1v) is 8.70. The average molecular weight is 316 g/mol. The normalized spacial score (nSPS) is 36.4. The summed E-state index contributed by atoms with van der Waals surface area (Å²) >= 11 is 0. The summed E-state index contributed by atoms with van der Waals surface area (Å²) in [4.78, 5) is 12.6. The third kappa shape index (κ3) is 2.24. The molecule has 0 saturated heterocycles. The summed E-state index contributed by atoms with van der Waals surface area (Å²) in [6.07, 6.45) is 6.19. The minimum absolute atomic E-state index is 0.0199. The zero-order valence-electron chi connectivity index (χ0n) is 14.8. The van der Waals surface area contributed by atoms with E-state index in [1.807, 2.05) is 26.0 Å². The Kier molecular flexibility index (Phi) is 3.64. The highest BCUT2D eigenvalue weighted by molar-refractivity contribution is 6.10. The van der Waals surface area contributed by atoms with Crippen LogP contribution >= 0.6 is 0 Å². The predicted octanol–water partition coefficient (Wildman–Crippen LogP) is 4.10. The Bertz CT molecular complexity index is 648. The van der Waals surface area contributed by atoms with Crippen molar-refractivity contribution < 1.29 is 15.0 Å². The minimum atomic E-state index is -0.542. The zero-order valence-corrected chi connectivity index (χ0v) is 14.8. The van der Waals surface area contributed by atoms with Crippen molar-refractivity contribution in [3.8, 4) is 0 Å². The summed E-state index contributed by atoms with van der Waals surface area (Å²) < 4.78 is 0. The van der Waals surface area contributed by atoms with Gasteiger partial charge in [0.2, 0.25) is 5.78 Å². The lowest BCUT2D eigenvalue weighted by atomic mass is 9.49. The molecule has 2 N–H and O–H groups in total. The van der Waals surface area contributed by atoms with Gasteiger partial charge in [0.05, 0.1) is 6.10 Å². The maximum atomic E-state index is 12.6. The van der Waals surface area contributed by atoms with Crippen LogP contribution in [0.15, 0.2) is 34.6 Å². The quantitative estimate of drug-likeness (QED) is 0.766. The van der Waals surface area contributed by atoms with Crippen molar-refractivity contribution in [3.63, 3.8) is 0 Å². The largest absolute Gasteiger partial charge is 0.504 e. The van der Waals surface area contributed by atoms with E-state index < -0.39 is 6.10 Å². The van der Waals surface area contributed by atoms with E-state index in [1.54, 1.807) is 0 Å². The number of hydrogen-bond donors (Lipinski definition) is 2. The summed E-state index contributed by atoms with van der Waals surface area (Å²) in [7, 11) is 0. The first kappa shape index (κ1) is 16.5. The molecular weight excluding hydrogens is 288 g/mol. The van der Waals surface area contributed by atoms with Crippen LogP contribution in [-0.4, -0.2) is 22.1 Å². The van der Waals surface area contributed by atoms with Gasteiger partial charge in [-0.3, -0.25) is 4.79 Å². The molecule has 0 aromatic rings. The smallest absolute Gasteiger partial charge is 0.223 e. The zero-order chi connectivity index (χ0) is 17.2. The first-order chi connectivity index (χ1) is 10.6. The van der Waals surface area contributed by atoms with Crippen LogP contribution in [0.2, 0.25) is 0 Å². The van der Waals surface area contributed by atoms with Crippen LogP contribution < -0.4 is 0 Å². The van der Waals surface area contributed by atoms with E-state index >= 15 is 0 Å². The number of carbonyl (C=O) groups is 1. The number of ketones is 1. The Morgan fingerprint density at radius 1 is 1.22 bits per heavy atom. The Morgan fingerprint density at radius 3 is 2.48 bits per heavy atom. The number of allylic oxidation sites excluding steroid dienone is 4. The van der Waals surface area contributed by atoms with Crippen molar-refractivity contribution >= 4 is 5.78 Å². The van der Waals surface area contributed by atoms with Gasteiger partial charge in [0.1, 0.15) is 0 Å². The molecule has 126 valence electrons. The fourth-order valence-corrected chi connectivity index (χ4v) is 5.34. The summed E-state index contributed by atoms with van der Waals surface area (Å²) in [5.41, 5.74) is 1.85. The molecule has 0 amide bonds. The Hall–Kier alpha value is -1.35. The van der Waals surface area contributed by atoms with Crippen molar-refractivity contribution in [2.75, 3.05) is 0 Å². The second-order valence-electron chi connectivity index (χ2n) is 8.66. The van der Waals surface area contributed by atoms with Gasteiger partial charge >= 0.3 is 0 Å². The molecule has 0 aliphatic heterocycles. The fourth-order valence-electron chi connectivity index (χ4n) is 5.34. The van der Waals surface area contributed by atoms with E-state index in [0.29, 0.717) is 5.57 Å². The highest BCUT2D eigenvalue weighted by atomic mass is 16.3. The molecule has 0 spiro atoms. The fraction of sp³-hybridized carbons (Fsp3) is 0.650. The molecular formula is C20H28O3. The molecule has 0 aromatic carbocycles. The first-order valence-electron chi connectivity index (χ1n) is 8.70. The monoisotopic (exact) mass is 316 g/mol. The van der Waals surface area contributed by atoms with Gasteiger partial charge in [-0.2, -0.15) is 0 Å². The molecule has 0 radical (unpaired) electrons. The summed E-state index contributed by atoms with van der Waals surface area (Å²) in [5, 5.41) is 21.5. The molecule has 23 heavy (non-hydrogen) atoms. The number of aliphatic hydroxyl groups is 2. The van der Waals surface area contributed by atoms with Gasteiger partial charge < -0.3 is 10.2 Å². The Morgan fingerprint density at radius 2 is 1.87 bits per heavy atom. The van der Waals surface area contributed by atoms with Gasteiger partial charge in [0, 0.05) is 22.5 Å². The summed E-state index contributed by atoms with van der Waals surface area (Å²) in [5.74, 6) is -0.268. The van der Waals surface area contributed by atoms with Gasteiger partial charge in [0.15, 0.2) is 5.76 Å². The van der Waals surface area contributed by atoms with E-state index in [-0.39, 0.29) is 34.2 Å². The van der Waals surface area contributed by atoms with Crippen LogP contribution in [0.1, 0.15) is 53.9 Å². The predicted molar refractivity (Wildman–Crippen MR) is 90.9 cm³/mol. The van der Waals surface area contributed by atoms with Crippen LogP contribution in [0.5, 0.6) is 0 Å². The summed E-state index contributed by atoms with van der Waals surface area (Å²) in [6.45, 7) is 10.4. The minimum Gasteiger partial charge on any atom is -0.504 e. The molecule has 1 fully saturated rings. The van der Waals surface area contributed by atoms with Gasteiger partial charge in [0.25, 0.3) is 0 Å². The van der Waals surface area contributed by atoms with E-state index in [2.05, 4.69) is 20.8 Å². The molecule has 0 aromatic heterocycles. The van der Waals surface area contributed by atoms with Crippen LogP contribution in [0.4, 0.5) is 0 Å². The second kappa shape index (κ2) is 5.07. The van der Waals surface area contributed by atoms with Gasteiger partial charge in [-0.15, -0.1) is 0 Å². The van der Waals surface area contributed by atoms with Crippen LogP contribution in [0.3, 0.4) is 0 Å². The van der Waals surface area contributed by atoms with Crippen LogP contribution in [-0.2, 0) is 4.79 Å². The molecule has 0 heterocycles. The van der Waals surface area contributed by atoms with Gasteiger partial charge in [-0.1, -0.05) is 41.0 Å².